The Labute approximate surface area is 173 Å². The molecule has 2 aromatic carbocycles. The number of ether oxygens (including phenoxy) is 1. The minimum atomic E-state index is -0.921. The minimum Gasteiger partial charge on any atom is -0.497 e. The van der Waals surface area contributed by atoms with Crippen LogP contribution >= 0.6 is 11.6 Å². The van der Waals surface area contributed by atoms with Crippen LogP contribution in [-0.4, -0.2) is 42.4 Å². The number of nitrogens with one attached hydrogen (secondary N) is 1. The molecular formula is C21H20ClN3O4. The average Bonchev–Trinajstić information content (AvgIpc) is 3.01. The molecule has 0 unspecified atom stereocenters. The van der Waals surface area contributed by atoms with Gasteiger partial charge in [-0.2, -0.15) is 0 Å². The number of amides is 4. The van der Waals surface area contributed by atoms with Crippen molar-refractivity contribution in [2.75, 3.05) is 23.9 Å². The molecule has 0 bridgehead atoms. The first-order chi connectivity index (χ1) is 13.9. The van der Waals surface area contributed by atoms with E-state index in [0.717, 1.165) is 4.90 Å². The van der Waals surface area contributed by atoms with Crippen molar-refractivity contribution >= 4 is 40.8 Å². The summed E-state index contributed by atoms with van der Waals surface area (Å²) in [5, 5.41) is 3.26. The molecule has 0 radical (unpaired) electrons. The monoisotopic (exact) mass is 413 g/mol. The van der Waals surface area contributed by atoms with Crippen molar-refractivity contribution in [2.45, 2.75) is 12.5 Å². The molecule has 0 spiro atoms. The van der Waals surface area contributed by atoms with E-state index in [2.05, 4.69) is 11.9 Å². The van der Waals surface area contributed by atoms with Gasteiger partial charge in [-0.25, -0.2) is 9.69 Å². The second-order valence-corrected chi connectivity index (χ2v) is 6.80. The molecular weight excluding hydrogens is 394 g/mol. The highest BCUT2D eigenvalue weighted by Gasteiger charge is 2.44. The maximum atomic E-state index is 13.0. The molecule has 0 aromatic heterocycles. The Morgan fingerprint density at radius 2 is 1.90 bits per heavy atom. The Hall–Kier alpha value is -3.32. The number of anilines is 2. The van der Waals surface area contributed by atoms with Crippen molar-refractivity contribution in [2.24, 2.45) is 0 Å². The van der Waals surface area contributed by atoms with Crippen molar-refractivity contribution < 1.29 is 19.1 Å². The predicted octanol–water partition coefficient (Wildman–Crippen LogP) is 3.70. The van der Waals surface area contributed by atoms with E-state index in [1.165, 1.54) is 18.1 Å². The maximum absolute atomic E-state index is 13.0. The van der Waals surface area contributed by atoms with Gasteiger partial charge in [-0.15, -0.1) is 6.58 Å². The van der Waals surface area contributed by atoms with Crippen LogP contribution in [0.25, 0.3) is 0 Å². The fourth-order valence-corrected chi connectivity index (χ4v) is 3.21. The van der Waals surface area contributed by atoms with Crippen LogP contribution < -0.4 is 15.0 Å². The first-order valence-corrected chi connectivity index (χ1v) is 9.27. The third kappa shape index (κ3) is 4.41. The van der Waals surface area contributed by atoms with E-state index in [4.69, 9.17) is 16.3 Å². The van der Waals surface area contributed by atoms with E-state index in [1.54, 1.807) is 48.5 Å². The zero-order valence-electron chi connectivity index (χ0n) is 15.8. The van der Waals surface area contributed by atoms with Gasteiger partial charge in [0.15, 0.2) is 0 Å². The molecule has 0 saturated carbocycles. The molecule has 2 aromatic rings. The van der Waals surface area contributed by atoms with Crippen molar-refractivity contribution in [3.8, 4) is 5.75 Å². The standard InChI is InChI=1S/C21H20ClN3O4/c1-3-12-24(21(28)23-15-6-4-14(22)5-7-15)18-13-19(26)25(20(18)27)16-8-10-17(29-2)11-9-16/h3-11,18H,1,12-13H2,2H3,(H,23,28)/t18-/m1/s1. The van der Waals surface area contributed by atoms with Crippen molar-refractivity contribution in [3.05, 3.63) is 66.2 Å². The van der Waals surface area contributed by atoms with E-state index in [9.17, 15) is 14.4 Å². The zero-order valence-corrected chi connectivity index (χ0v) is 16.6. The molecule has 1 saturated heterocycles. The van der Waals surface area contributed by atoms with Crippen molar-refractivity contribution in [1.29, 1.82) is 0 Å². The fraction of sp³-hybridized carbons (Fsp3) is 0.190. The van der Waals surface area contributed by atoms with Gasteiger partial charge in [0, 0.05) is 17.3 Å². The van der Waals surface area contributed by atoms with Crippen LogP contribution in [0.2, 0.25) is 5.02 Å². The second-order valence-electron chi connectivity index (χ2n) is 6.36. The predicted molar refractivity (Wildman–Crippen MR) is 111 cm³/mol. The van der Waals surface area contributed by atoms with Gasteiger partial charge in [0.2, 0.25) is 5.91 Å². The molecule has 1 N–H and O–H groups in total. The van der Waals surface area contributed by atoms with Crippen molar-refractivity contribution in [3.63, 3.8) is 0 Å². The van der Waals surface area contributed by atoms with Gasteiger partial charge in [-0.05, 0) is 48.5 Å². The highest BCUT2D eigenvalue weighted by Crippen LogP contribution is 2.28. The number of imide groups is 1. The first-order valence-electron chi connectivity index (χ1n) is 8.89. The van der Waals surface area contributed by atoms with Gasteiger partial charge in [-0.1, -0.05) is 17.7 Å². The number of benzene rings is 2. The lowest BCUT2D eigenvalue weighted by Crippen LogP contribution is -2.47. The largest absolute Gasteiger partial charge is 0.497 e. The molecule has 0 aliphatic carbocycles. The zero-order chi connectivity index (χ0) is 21.0. The van der Waals surface area contributed by atoms with E-state index in [-0.39, 0.29) is 18.9 Å². The molecule has 1 aliphatic heterocycles. The Kier molecular flexibility index (Phi) is 6.19. The van der Waals surface area contributed by atoms with Crippen LogP contribution in [0.1, 0.15) is 6.42 Å². The topological polar surface area (TPSA) is 79.0 Å². The van der Waals surface area contributed by atoms with Crippen LogP contribution in [0.15, 0.2) is 61.2 Å². The molecule has 150 valence electrons. The smallest absolute Gasteiger partial charge is 0.322 e. The summed E-state index contributed by atoms with van der Waals surface area (Å²) in [5.41, 5.74) is 0.956. The number of urea groups is 1. The van der Waals surface area contributed by atoms with Gasteiger partial charge in [0.25, 0.3) is 5.91 Å². The fourth-order valence-electron chi connectivity index (χ4n) is 3.08. The normalized spacial score (nSPS) is 15.9. The third-order valence-corrected chi connectivity index (χ3v) is 4.76. The Bertz CT molecular complexity index is 928. The molecule has 8 heteroatoms. The van der Waals surface area contributed by atoms with Gasteiger partial charge >= 0.3 is 6.03 Å². The van der Waals surface area contributed by atoms with Crippen molar-refractivity contribution in [1.82, 2.24) is 4.90 Å². The summed E-state index contributed by atoms with van der Waals surface area (Å²) in [5.74, 6) is -0.230. The molecule has 1 atom stereocenters. The summed E-state index contributed by atoms with van der Waals surface area (Å²) < 4.78 is 5.10. The van der Waals surface area contributed by atoms with Gasteiger partial charge in [0.05, 0.1) is 19.2 Å². The summed E-state index contributed by atoms with van der Waals surface area (Å²) >= 11 is 5.86. The van der Waals surface area contributed by atoms with Crippen LogP contribution in [0.4, 0.5) is 16.2 Å². The average molecular weight is 414 g/mol. The van der Waals surface area contributed by atoms with Gasteiger partial charge < -0.3 is 15.0 Å². The summed E-state index contributed by atoms with van der Waals surface area (Å²) in [6, 6.07) is 11.7. The molecule has 1 fully saturated rings. The highest BCUT2D eigenvalue weighted by atomic mass is 35.5. The quantitative estimate of drug-likeness (QED) is 0.578. The third-order valence-electron chi connectivity index (χ3n) is 4.51. The first kappa shape index (κ1) is 20.4. The van der Waals surface area contributed by atoms with Crippen LogP contribution in [0, 0.1) is 0 Å². The summed E-state index contributed by atoms with van der Waals surface area (Å²) in [4.78, 5) is 40.7. The lowest BCUT2D eigenvalue weighted by atomic mass is 10.2. The number of methoxy groups -OCH3 is 1. The molecule has 3 rings (SSSR count). The van der Waals surface area contributed by atoms with Crippen LogP contribution in [-0.2, 0) is 9.59 Å². The number of hydrogen-bond acceptors (Lipinski definition) is 4. The SMILES string of the molecule is C=CCN(C(=O)Nc1ccc(Cl)cc1)[C@@H]1CC(=O)N(c2ccc(OC)cc2)C1=O. The molecule has 4 amide bonds. The highest BCUT2D eigenvalue weighted by molar-refractivity contribution is 6.30. The minimum absolute atomic E-state index is 0.104. The van der Waals surface area contributed by atoms with Crippen LogP contribution in [0.5, 0.6) is 5.75 Å². The Morgan fingerprint density at radius 3 is 2.48 bits per heavy atom. The van der Waals surface area contributed by atoms with Gasteiger partial charge in [-0.3, -0.25) is 9.59 Å². The van der Waals surface area contributed by atoms with E-state index < -0.39 is 18.0 Å². The Morgan fingerprint density at radius 1 is 1.24 bits per heavy atom. The lowest BCUT2D eigenvalue weighted by Gasteiger charge is -2.26. The molecule has 29 heavy (non-hydrogen) atoms. The Balaban J connectivity index is 1.80. The second kappa shape index (κ2) is 8.79. The number of carbonyl (C=O) groups is 3. The number of hydrogen-bond donors (Lipinski definition) is 1. The maximum Gasteiger partial charge on any atom is 0.322 e. The van der Waals surface area contributed by atoms with Gasteiger partial charge in [0.1, 0.15) is 11.8 Å². The summed E-state index contributed by atoms with van der Waals surface area (Å²) in [6.45, 7) is 3.76. The number of rotatable bonds is 6. The summed E-state index contributed by atoms with van der Waals surface area (Å²) in [7, 11) is 1.53. The number of halogens is 1. The molecule has 1 aliphatic rings. The van der Waals surface area contributed by atoms with Crippen LogP contribution in [0.3, 0.4) is 0 Å². The van der Waals surface area contributed by atoms with E-state index in [0.29, 0.717) is 22.1 Å². The lowest BCUT2D eigenvalue weighted by molar-refractivity contribution is -0.122. The molecule has 7 nitrogen and oxygen atoms in total. The van der Waals surface area contributed by atoms with E-state index >= 15 is 0 Å². The van der Waals surface area contributed by atoms with E-state index in [1.807, 2.05) is 0 Å². The summed E-state index contributed by atoms with van der Waals surface area (Å²) in [6.07, 6.45) is 1.40. The molecule has 1 heterocycles. The number of nitrogens with zero attached hydrogens (tertiary/aromatic N) is 2. The number of carbonyl (C=O) groups excluding carboxylic acids is 3.